The monoisotopic (exact) mass is 564 g/mol. The van der Waals surface area contributed by atoms with Crippen molar-refractivity contribution in [2.24, 2.45) is 0 Å². The van der Waals surface area contributed by atoms with Crippen LogP contribution in [0.4, 0.5) is 0 Å². The maximum atomic E-state index is 2.63. The van der Waals surface area contributed by atoms with Gasteiger partial charge in [-0.2, -0.15) is 0 Å². The first-order chi connectivity index (χ1) is 21.9. The SMILES string of the molecule is c1ccc(-c2ccccc2-n2c3c(c4ccc5c(c6ccccc6n5-c5ccccc5-c5ccccc5)c42)CCCC3)cc1. The predicted molar refractivity (Wildman–Crippen MR) is 185 cm³/mol. The molecule has 1 aliphatic rings. The molecule has 0 atom stereocenters. The smallest absolute Gasteiger partial charge is 0.0634 e. The average molecular weight is 565 g/mol. The molecule has 8 aromatic rings. The molecule has 2 nitrogen and oxygen atoms in total. The summed E-state index contributed by atoms with van der Waals surface area (Å²) in [4.78, 5) is 0. The molecule has 210 valence electrons. The summed E-state index contributed by atoms with van der Waals surface area (Å²) in [7, 11) is 0. The summed E-state index contributed by atoms with van der Waals surface area (Å²) in [5, 5.41) is 4.02. The average Bonchev–Trinajstić information content (AvgIpc) is 3.62. The number of aryl methyl sites for hydroxylation is 1. The van der Waals surface area contributed by atoms with E-state index in [1.807, 2.05) is 0 Å². The highest BCUT2D eigenvalue weighted by Crippen LogP contribution is 2.45. The third kappa shape index (κ3) is 3.74. The molecule has 0 spiro atoms. The molecule has 0 N–H and O–H groups in total. The van der Waals surface area contributed by atoms with Gasteiger partial charge in [-0.1, -0.05) is 121 Å². The van der Waals surface area contributed by atoms with Gasteiger partial charge in [0, 0.05) is 33.0 Å². The first-order valence-electron chi connectivity index (χ1n) is 15.8. The molecule has 0 saturated carbocycles. The summed E-state index contributed by atoms with van der Waals surface area (Å²) in [6, 6.07) is 53.2. The van der Waals surface area contributed by atoms with Gasteiger partial charge in [0.05, 0.1) is 27.9 Å². The van der Waals surface area contributed by atoms with E-state index < -0.39 is 0 Å². The molecule has 0 radical (unpaired) electrons. The summed E-state index contributed by atoms with van der Waals surface area (Å²) in [6.45, 7) is 0. The lowest BCUT2D eigenvalue weighted by molar-refractivity contribution is 0.667. The van der Waals surface area contributed by atoms with Gasteiger partial charge in [0.2, 0.25) is 0 Å². The van der Waals surface area contributed by atoms with E-state index in [9.17, 15) is 0 Å². The Labute approximate surface area is 257 Å². The van der Waals surface area contributed by atoms with Crippen LogP contribution in [0.15, 0.2) is 146 Å². The second-order valence-corrected chi connectivity index (χ2v) is 11.9. The Morgan fingerprint density at radius 2 is 0.977 bits per heavy atom. The van der Waals surface area contributed by atoms with Gasteiger partial charge in [-0.3, -0.25) is 0 Å². The van der Waals surface area contributed by atoms with Gasteiger partial charge in [-0.15, -0.1) is 0 Å². The van der Waals surface area contributed by atoms with Crippen LogP contribution >= 0.6 is 0 Å². The fourth-order valence-electron chi connectivity index (χ4n) is 7.67. The Kier molecular flexibility index (Phi) is 5.80. The Morgan fingerprint density at radius 3 is 1.68 bits per heavy atom. The van der Waals surface area contributed by atoms with Crippen LogP contribution in [0.25, 0.3) is 66.3 Å². The number of hydrogen-bond donors (Lipinski definition) is 0. The second-order valence-electron chi connectivity index (χ2n) is 11.9. The van der Waals surface area contributed by atoms with Crippen LogP contribution in [0, 0.1) is 0 Å². The molecule has 0 unspecified atom stereocenters. The molecule has 2 heterocycles. The van der Waals surface area contributed by atoms with Crippen molar-refractivity contribution in [2.75, 3.05) is 0 Å². The molecule has 1 aliphatic carbocycles. The van der Waals surface area contributed by atoms with Crippen molar-refractivity contribution in [3.05, 3.63) is 157 Å². The van der Waals surface area contributed by atoms with E-state index in [0.717, 1.165) is 12.8 Å². The van der Waals surface area contributed by atoms with Gasteiger partial charge in [0.1, 0.15) is 0 Å². The summed E-state index contributed by atoms with van der Waals surface area (Å²) < 4.78 is 5.13. The Hall–Kier alpha value is -5.34. The third-order valence-corrected chi connectivity index (χ3v) is 9.53. The van der Waals surface area contributed by atoms with Crippen molar-refractivity contribution in [3.8, 4) is 33.6 Å². The minimum atomic E-state index is 1.10. The van der Waals surface area contributed by atoms with Crippen LogP contribution in [-0.2, 0) is 12.8 Å². The van der Waals surface area contributed by atoms with Crippen LogP contribution in [-0.4, -0.2) is 9.13 Å². The molecule has 0 saturated heterocycles. The van der Waals surface area contributed by atoms with Gasteiger partial charge in [0.25, 0.3) is 0 Å². The van der Waals surface area contributed by atoms with Gasteiger partial charge in [0.15, 0.2) is 0 Å². The van der Waals surface area contributed by atoms with Gasteiger partial charge >= 0.3 is 0 Å². The second kappa shape index (κ2) is 10.1. The first-order valence-corrected chi connectivity index (χ1v) is 15.8. The molecule has 2 aromatic heterocycles. The van der Waals surface area contributed by atoms with E-state index in [1.54, 1.807) is 0 Å². The summed E-state index contributed by atoms with van der Waals surface area (Å²) in [6.07, 6.45) is 4.71. The largest absolute Gasteiger partial charge is 0.312 e. The number of aromatic nitrogens is 2. The van der Waals surface area contributed by atoms with Crippen molar-refractivity contribution in [1.82, 2.24) is 9.13 Å². The van der Waals surface area contributed by atoms with E-state index in [2.05, 4.69) is 155 Å². The summed E-state index contributed by atoms with van der Waals surface area (Å²) >= 11 is 0. The highest BCUT2D eigenvalue weighted by Gasteiger charge is 2.26. The van der Waals surface area contributed by atoms with Crippen LogP contribution in [0.1, 0.15) is 24.1 Å². The lowest BCUT2D eigenvalue weighted by Crippen LogP contribution is -2.08. The molecule has 0 amide bonds. The van der Waals surface area contributed by atoms with E-state index in [4.69, 9.17) is 0 Å². The number of benzene rings is 6. The molecule has 0 fully saturated rings. The summed E-state index contributed by atoms with van der Waals surface area (Å²) in [5.74, 6) is 0. The van der Waals surface area contributed by atoms with Crippen LogP contribution < -0.4 is 0 Å². The van der Waals surface area contributed by atoms with Crippen LogP contribution in [0.5, 0.6) is 0 Å². The highest BCUT2D eigenvalue weighted by atomic mass is 15.0. The number of rotatable bonds is 4. The molecular formula is C42H32N2. The maximum Gasteiger partial charge on any atom is 0.0634 e. The van der Waals surface area contributed by atoms with E-state index >= 15 is 0 Å². The Bertz CT molecular complexity index is 2320. The molecule has 6 aromatic carbocycles. The van der Waals surface area contributed by atoms with Gasteiger partial charge < -0.3 is 9.13 Å². The lowest BCUT2D eigenvalue weighted by Gasteiger charge is -2.19. The van der Waals surface area contributed by atoms with Gasteiger partial charge in [-0.05, 0) is 66.6 Å². The third-order valence-electron chi connectivity index (χ3n) is 9.53. The van der Waals surface area contributed by atoms with E-state index in [1.165, 1.54) is 90.4 Å². The number of hydrogen-bond acceptors (Lipinski definition) is 0. The predicted octanol–water partition coefficient (Wildman–Crippen LogP) is 10.9. The van der Waals surface area contributed by atoms with Crippen LogP contribution in [0.3, 0.4) is 0 Å². The van der Waals surface area contributed by atoms with Crippen molar-refractivity contribution in [3.63, 3.8) is 0 Å². The Morgan fingerprint density at radius 1 is 0.409 bits per heavy atom. The minimum absolute atomic E-state index is 1.10. The standard InChI is InChI=1S/C42H32N2/c1-3-15-29(16-4-1)31-19-7-11-23-36(31)43-39-26-14-10-22-35(39)41-40(43)28-27-34-33-21-9-13-25-38(33)44(42(34)41)37-24-12-8-20-32(37)30-17-5-2-6-18-30/h1-8,10-12,14-20,22-24,26-28H,9,13,21,25H2. The van der Waals surface area contributed by atoms with Crippen molar-refractivity contribution in [2.45, 2.75) is 25.7 Å². The minimum Gasteiger partial charge on any atom is -0.312 e. The Balaban J connectivity index is 1.44. The fourth-order valence-corrected chi connectivity index (χ4v) is 7.67. The van der Waals surface area contributed by atoms with Crippen LogP contribution in [0.2, 0.25) is 0 Å². The topological polar surface area (TPSA) is 9.86 Å². The molecule has 44 heavy (non-hydrogen) atoms. The molecule has 0 bridgehead atoms. The molecule has 9 rings (SSSR count). The van der Waals surface area contributed by atoms with E-state index in [-0.39, 0.29) is 0 Å². The van der Waals surface area contributed by atoms with Gasteiger partial charge in [-0.25, -0.2) is 0 Å². The zero-order valence-electron chi connectivity index (χ0n) is 24.6. The number of para-hydroxylation sites is 3. The quantitative estimate of drug-likeness (QED) is 0.201. The van der Waals surface area contributed by atoms with E-state index in [0.29, 0.717) is 0 Å². The molecule has 0 aliphatic heterocycles. The highest BCUT2D eigenvalue weighted by molar-refractivity contribution is 6.22. The lowest BCUT2D eigenvalue weighted by atomic mass is 9.95. The summed E-state index contributed by atoms with van der Waals surface area (Å²) in [5.41, 5.74) is 14.3. The van der Waals surface area contributed by atoms with Crippen molar-refractivity contribution in [1.29, 1.82) is 0 Å². The maximum absolute atomic E-state index is 2.63. The zero-order chi connectivity index (χ0) is 29.0. The van der Waals surface area contributed by atoms with Crippen molar-refractivity contribution >= 4 is 32.7 Å². The molecular weight excluding hydrogens is 532 g/mol. The number of fused-ring (bicyclic) bond motifs is 7. The first kappa shape index (κ1) is 25.2. The fraction of sp³-hybridized carbons (Fsp3) is 0.0952. The van der Waals surface area contributed by atoms with Crippen molar-refractivity contribution < 1.29 is 0 Å². The normalized spacial score (nSPS) is 13.1. The zero-order valence-corrected chi connectivity index (χ0v) is 24.6. The molecule has 2 heteroatoms. The number of nitrogens with zero attached hydrogens (tertiary/aromatic N) is 2.